The maximum atomic E-state index is 6.04. The van der Waals surface area contributed by atoms with Gasteiger partial charge >= 0.3 is 0 Å². The van der Waals surface area contributed by atoms with Gasteiger partial charge in [-0.1, -0.05) is 6.07 Å². The fourth-order valence-corrected chi connectivity index (χ4v) is 4.00. The molecule has 0 radical (unpaired) electrons. The molecule has 0 N–H and O–H groups in total. The molecule has 6 heteroatoms. The number of pyridine rings is 1. The minimum atomic E-state index is 0.331. The maximum absolute atomic E-state index is 6.04. The minimum Gasteiger partial charge on any atom is -0.375 e. The van der Waals surface area contributed by atoms with Gasteiger partial charge in [-0.15, -0.1) is 0 Å². The molecule has 0 unspecified atom stereocenters. The summed E-state index contributed by atoms with van der Waals surface area (Å²) in [4.78, 5) is 11.3. The number of morpholine rings is 1. The summed E-state index contributed by atoms with van der Waals surface area (Å²) >= 11 is 0. The molecule has 1 saturated heterocycles. The summed E-state index contributed by atoms with van der Waals surface area (Å²) in [5, 5.41) is 0. The van der Waals surface area contributed by atoms with Gasteiger partial charge in [0.05, 0.1) is 38.2 Å². The summed E-state index contributed by atoms with van der Waals surface area (Å²) in [5.74, 6) is 1.68. The Morgan fingerprint density at radius 3 is 3.00 bits per heavy atom. The van der Waals surface area contributed by atoms with E-state index in [0.717, 1.165) is 50.7 Å². The van der Waals surface area contributed by atoms with Crippen LogP contribution in [0.1, 0.15) is 24.4 Å². The van der Waals surface area contributed by atoms with Crippen LogP contribution < -0.4 is 0 Å². The van der Waals surface area contributed by atoms with Crippen molar-refractivity contribution < 1.29 is 9.47 Å². The number of aromatic nitrogens is 3. The highest BCUT2D eigenvalue weighted by Crippen LogP contribution is 2.35. The SMILES string of the molecule is Cn1ccnc1CN1CCO[C@@H]2C[C@H](COCc3ccccn3)C[C@H]21. The van der Waals surface area contributed by atoms with Crippen LogP contribution in [-0.2, 0) is 29.7 Å². The molecule has 134 valence electrons. The second kappa shape index (κ2) is 7.64. The molecule has 0 spiro atoms. The first-order valence-corrected chi connectivity index (χ1v) is 9.09. The van der Waals surface area contributed by atoms with E-state index >= 15 is 0 Å². The number of hydrogen-bond donors (Lipinski definition) is 0. The largest absolute Gasteiger partial charge is 0.375 e. The van der Waals surface area contributed by atoms with Gasteiger partial charge in [-0.05, 0) is 30.9 Å². The van der Waals surface area contributed by atoms with Gasteiger partial charge in [0.25, 0.3) is 0 Å². The lowest BCUT2D eigenvalue weighted by Crippen LogP contribution is -2.48. The molecule has 3 heterocycles. The van der Waals surface area contributed by atoms with Crippen LogP contribution in [0.3, 0.4) is 0 Å². The van der Waals surface area contributed by atoms with Crippen molar-refractivity contribution in [2.45, 2.75) is 38.1 Å². The van der Waals surface area contributed by atoms with Crippen molar-refractivity contribution in [3.05, 3.63) is 48.3 Å². The highest BCUT2D eigenvalue weighted by atomic mass is 16.5. The smallest absolute Gasteiger partial charge is 0.122 e. The quantitative estimate of drug-likeness (QED) is 0.804. The summed E-state index contributed by atoms with van der Waals surface area (Å²) in [6.45, 7) is 4.06. The van der Waals surface area contributed by atoms with E-state index < -0.39 is 0 Å². The Bertz CT molecular complexity index is 675. The number of hydrogen-bond acceptors (Lipinski definition) is 5. The maximum Gasteiger partial charge on any atom is 0.122 e. The summed E-state index contributed by atoms with van der Waals surface area (Å²) in [6.07, 6.45) is 8.25. The van der Waals surface area contributed by atoms with Gasteiger partial charge in [-0.25, -0.2) is 4.98 Å². The van der Waals surface area contributed by atoms with Gasteiger partial charge in [-0.2, -0.15) is 0 Å². The van der Waals surface area contributed by atoms with Crippen LogP contribution in [0.5, 0.6) is 0 Å². The molecule has 25 heavy (non-hydrogen) atoms. The standard InChI is InChI=1S/C19H26N4O2/c1-22-7-6-21-19(22)12-23-8-9-25-18-11-15(10-17(18)23)13-24-14-16-4-2-3-5-20-16/h2-7,15,17-18H,8-14H2,1H3/t15-,17-,18-/m1/s1. The van der Waals surface area contributed by atoms with Gasteiger partial charge in [0.15, 0.2) is 0 Å². The fraction of sp³-hybridized carbons (Fsp3) is 0.579. The molecule has 0 aromatic carbocycles. The number of ether oxygens (including phenoxy) is 2. The average Bonchev–Trinajstić information content (AvgIpc) is 3.23. The molecular weight excluding hydrogens is 316 g/mol. The summed E-state index contributed by atoms with van der Waals surface area (Å²) in [7, 11) is 2.06. The van der Waals surface area contributed by atoms with Gasteiger partial charge in [0, 0.05) is 38.2 Å². The van der Waals surface area contributed by atoms with Gasteiger partial charge in [0.2, 0.25) is 0 Å². The fourth-order valence-electron chi connectivity index (χ4n) is 4.00. The van der Waals surface area contributed by atoms with Crippen molar-refractivity contribution in [2.75, 3.05) is 19.8 Å². The molecule has 1 aliphatic carbocycles. The average molecular weight is 342 g/mol. The topological polar surface area (TPSA) is 52.4 Å². The third-order valence-corrected chi connectivity index (χ3v) is 5.34. The molecule has 2 aliphatic rings. The molecule has 0 amide bonds. The molecule has 6 nitrogen and oxygen atoms in total. The van der Waals surface area contributed by atoms with Crippen LogP contribution >= 0.6 is 0 Å². The van der Waals surface area contributed by atoms with Gasteiger partial charge in [0.1, 0.15) is 5.82 Å². The summed E-state index contributed by atoms with van der Waals surface area (Å²) in [5.41, 5.74) is 0.991. The summed E-state index contributed by atoms with van der Waals surface area (Å²) < 4.78 is 14.1. The van der Waals surface area contributed by atoms with E-state index in [2.05, 4.69) is 26.5 Å². The zero-order valence-electron chi connectivity index (χ0n) is 14.8. The third kappa shape index (κ3) is 3.92. The molecule has 2 aromatic rings. The van der Waals surface area contributed by atoms with Crippen molar-refractivity contribution >= 4 is 0 Å². The van der Waals surface area contributed by atoms with E-state index in [9.17, 15) is 0 Å². The van der Waals surface area contributed by atoms with E-state index in [4.69, 9.17) is 9.47 Å². The second-order valence-corrected chi connectivity index (χ2v) is 7.08. The second-order valence-electron chi connectivity index (χ2n) is 7.08. The Hall–Kier alpha value is -1.76. The number of aryl methyl sites for hydroxylation is 1. The highest BCUT2D eigenvalue weighted by Gasteiger charge is 2.41. The molecule has 1 aliphatic heterocycles. The highest BCUT2D eigenvalue weighted by molar-refractivity contribution is 5.02. The minimum absolute atomic E-state index is 0.331. The number of nitrogens with zero attached hydrogens (tertiary/aromatic N) is 4. The zero-order valence-corrected chi connectivity index (χ0v) is 14.8. The Morgan fingerprint density at radius 2 is 2.20 bits per heavy atom. The van der Waals surface area contributed by atoms with Gasteiger partial charge in [-0.3, -0.25) is 9.88 Å². The van der Waals surface area contributed by atoms with Crippen LogP contribution in [-0.4, -0.2) is 51.3 Å². The summed E-state index contributed by atoms with van der Waals surface area (Å²) in [6, 6.07) is 6.41. The predicted molar refractivity (Wildman–Crippen MR) is 93.8 cm³/mol. The van der Waals surface area contributed by atoms with Crippen molar-refractivity contribution in [1.29, 1.82) is 0 Å². The predicted octanol–water partition coefficient (Wildman–Crippen LogP) is 2.01. The normalized spacial score (nSPS) is 26.7. The Kier molecular flexibility index (Phi) is 5.10. The van der Waals surface area contributed by atoms with Crippen LogP contribution in [0.15, 0.2) is 36.8 Å². The van der Waals surface area contributed by atoms with Crippen molar-refractivity contribution in [3.63, 3.8) is 0 Å². The first-order chi connectivity index (χ1) is 12.3. The van der Waals surface area contributed by atoms with E-state index in [1.165, 1.54) is 0 Å². The molecule has 0 bridgehead atoms. The number of fused-ring (bicyclic) bond motifs is 1. The lowest BCUT2D eigenvalue weighted by atomic mass is 10.1. The molecule has 3 atom stereocenters. The van der Waals surface area contributed by atoms with Crippen LogP contribution in [0, 0.1) is 5.92 Å². The van der Waals surface area contributed by atoms with Crippen molar-refractivity contribution in [2.24, 2.45) is 13.0 Å². The van der Waals surface area contributed by atoms with Crippen LogP contribution in [0.25, 0.3) is 0 Å². The molecule has 4 rings (SSSR count). The van der Waals surface area contributed by atoms with E-state index in [-0.39, 0.29) is 0 Å². The Morgan fingerprint density at radius 1 is 1.24 bits per heavy atom. The number of rotatable bonds is 6. The lowest BCUT2D eigenvalue weighted by molar-refractivity contribution is -0.0601. The van der Waals surface area contributed by atoms with Crippen molar-refractivity contribution in [3.8, 4) is 0 Å². The lowest BCUT2D eigenvalue weighted by Gasteiger charge is -2.37. The van der Waals surface area contributed by atoms with E-state index in [1.54, 1.807) is 0 Å². The first-order valence-electron chi connectivity index (χ1n) is 9.09. The van der Waals surface area contributed by atoms with Gasteiger partial charge < -0.3 is 14.0 Å². The zero-order chi connectivity index (χ0) is 17.1. The monoisotopic (exact) mass is 342 g/mol. The Balaban J connectivity index is 1.30. The number of imidazole rings is 1. The van der Waals surface area contributed by atoms with Crippen LogP contribution in [0.2, 0.25) is 0 Å². The van der Waals surface area contributed by atoms with Crippen LogP contribution in [0.4, 0.5) is 0 Å². The molecule has 1 saturated carbocycles. The van der Waals surface area contributed by atoms with E-state index in [0.29, 0.717) is 24.7 Å². The molecular formula is C19H26N4O2. The van der Waals surface area contributed by atoms with Crippen molar-refractivity contribution in [1.82, 2.24) is 19.4 Å². The van der Waals surface area contributed by atoms with E-state index in [1.807, 2.05) is 36.8 Å². The Labute approximate surface area is 148 Å². The molecule has 2 fully saturated rings. The third-order valence-electron chi connectivity index (χ3n) is 5.34. The first kappa shape index (κ1) is 16.7. The molecule has 2 aromatic heterocycles.